The number of hydrogen-bond donors (Lipinski definition) is 2. The Morgan fingerprint density at radius 3 is 2.41 bits per heavy atom. The summed E-state index contributed by atoms with van der Waals surface area (Å²) in [4.78, 5) is 44.3. The second-order valence-corrected chi connectivity index (χ2v) is 13.2. The molecule has 7 atom stereocenters. The third kappa shape index (κ3) is 4.40. The zero-order chi connectivity index (χ0) is 27.5. The fourth-order valence-corrected chi connectivity index (χ4v) is 8.25. The van der Waals surface area contributed by atoms with Crippen LogP contribution in [0.5, 0.6) is 0 Å². The molecule has 1 aromatic rings. The van der Waals surface area contributed by atoms with Crippen LogP contribution >= 0.6 is 23.2 Å². The Morgan fingerprint density at radius 1 is 0.974 bits per heavy atom. The highest BCUT2D eigenvalue weighted by Gasteiger charge is 2.76. The number of amides is 3. The van der Waals surface area contributed by atoms with Crippen LogP contribution in [-0.4, -0.2) is 51.9 Å². The minimum Gasteiger partial charge on any atom is -0.356 e. The monoisotopic (exact) mass is 573 g/mol. The van der Waals surface area contributed by atoms with Gasteiger partial charge < -0.3 is 20.3 Å². The topological polar surface area (TPSA) is 87.7 Å². The van der Waals surface area contributed by atoms with Crippen molar-refractivity contribution in [1.82, 2.24) is 10.2 Å². The molecule has 2 saturated carbocycles. The maximum Gasteiger partial charge on any atom is 0.246 e. The Labute approximate surface area is 240 Å². The van der Waals surface area contributed by atoms with Crippen molar-refractivity contribution in [3.8, 4) is 0 Å². The maximum atomic E-state index is 14.4. The number of rotatable bonds is 5. The molecule has 7 unspecified atom stereocenters. The van der Waals surface area contributed by atoms with E-state index in [1.807, 2.05) is 24.0 Å². The van der Waals surface area contributed by atoms with Crippen LogP contribution in [0, 0.1) is 17.8 Å². The quantitative estimate of drug-likeness (QED) is 0.455. The molecule has 0 aromatic heterocycles. The van der Waals surface area contributed by atoms with Gasteiger partial charge in [-0.1, -0.05) is 74.4 Å². The lowest BCUT2D eigenvalue weighted by atomic mass is 9.70. The molecule has 3 amide bonds. The molecule has 2 N–H and O–H groups in total. The van der Waals surface area contributed by atoms with Gasteiger partial charge in [-0.2, -0.15) is 0 Å². The summed E-state index contributed by atoms with van der Waals surface area (Å²) < 4.78 is 6.69. The van der Waals surface area contributed by atoms with E-state index in [2.05, 4.69) is 17.6 Å². The molecule has 2 saturated heterocycles. The Hall–Kier alpha value is -2.09. The van der Waals surface area contributed by atoms with Gasteiger partial charge in [0.2, 0.25) is 17.7 Å². The summed E-state index contributed by atoms with van der Waals surface area (Å²) in [6.07, 6.45) is 13.1. The highest BCUT2D eigenvalue weighted by atomic mass is 35.5. The molecule has 5 aliphatic rings. The van der Waals surface area contributed by atoms with E-state index < -0.39 is 29.1 Å². The first-order valence-corrected chi connectivity index (χ1v) is 15.2. The number of carbonyl (C=O) groups excluding carboxylic acids is 3. The molecule has 39 heavy (non-hydrogen) atoms. The van der Waals surface area contributed by atoms with Gasteiger partial charge >= 0.3 is 0 Å². The molecule has 4 fully saturated rings. The second-order valence-electron chi connectivity index (χ2n) is 12.4. The fourth-order valence-electron chi connectivity index (χ4n) is 7.96. The molecule has 2 bridgehead atoms. The first kappa shape index (κ1) is 27.1. The smallest absolute Gasteiger partial charge is 0.246 e. The van der Waals surface area contributed by atoms with E-state index in [0.29, 0.717) is 15.7 Å². The van der Waals surface area contributed by atoms with Crippen LogP contribution in [0.3, 0.4) is 0 Å². The van der Waals surface area contributed by atoms with Gasteiger partial charge in [-0.25, -0.2) is 0 Å². The summed E-state index contributed by atoms with van der Waals surface area (Å²) in [5.41, 5.74) is -1.69. The molecule has 7 nitrogen and oxygen atoms in total. The summed E-state index contributed by atoms with van der Waals surface area (Å²) in [5.74, 6) is -1.95. The van der Waals surface area contributed by atoms with Gasteiger partial charge in [0.25, 0.3) is 0 Å². The number of anilines is 1. The van der Waals surface area contributed by atoms with Crippen molar-refractivity contribution in [2.45, 2.75) is 101 Å². The van der Waals surface area contributed by atoms with Gasteiger partial charge in [-0.05, 0) is 56.7 Å². The van der Waals surface area contributed by atoms with Crippen molar-refractivity contribution in [2.24, 2.45) is 17.8 Å². The lowest BCUT2D eigenvalue weighted by Gasteiger charge is -2.42. The van der Waals surface area contributed by atoms with Crippen LogP contribution in [0.4, 0.5) is 5.69 Å². The number of likely N-dealkylation sites (tertiary alicyclic amines) is 1. The van der Waals surface area contributed by atoms with Crippen LogP contribution in [-0.2, 0) is 19.1 Å². The number of carbonyl (C=O) groups is 3. The predicted molar refractivity (Wildman–Crippen MR) is 151 cm³/mol. The third-order valence-corrected chi connectivity index (χ3v) is 10.6. The van der Waals surface area contributed by atoms with Gasteiger partial charge in [0.1, 0.15) is 11.6 Å². The van der Waals surface area contributed by atoms with E-state index >= 15 is 0 Å². The van der Waals surface area contributed by atoms with E-state index in [1.54, 1.807) is 18.2 Å². The molecule has 3 aliphatic heterocycles. The Balaban J connectivity index is 1.36. The molecule has 1 aromatic carbocycles. The van der Waals surface area contributed by atoms with Gasteiger partial charge in [-0.3, -0.25) is 14.4 Å². The summed E-state index contributed by atoms with van der Waals surface area (Å²) in [7, 11) is 0. The number of hydrogen-bond acceptors (Lipinski definition) is 4. The van der Waals surface area contributed by atoms with E-state index in [9.17, 15) is 14.4 Å². The van der Waals surface area contributed by atoms with Crippen molar-refractivity contribution >= 4 is 46.6 Å². The van der Waals surface area contributed by atoms with E-state index in [-0.39, 0.29) is 35.7 Å². The zero-order valence-corrected chi connectivity index (χ0v) is 24.1. The summed E-state index contributed by atoms with van der Waals surface area (Å²) in [6.45, 7) is 4.01. The van der Waals surface area contributed by atoms with Gasteiger partial charge in [0.15, 0.2) is 0 Å². The third-order valence-electron chi connectivity index (χ3n) is 9.83. The molecule has 3 heterocycles. The average Bonchev–Trinajstić information content (AvgIpc) is 3.48. The standard InChI is InChI=1S/C30H37Cl2N3O4/c1-17-8-6-7-11-22(17)35-25(27(37)33-18-9-4-3-5-10-18)30-15-14-29(2,39-30)23(24(30)28(35)38)26(36)34-19-12-13-20(31)21(32)16-19/h12-18,22-25H,3-11H2,1-2H3,(H,33,37)(H,34,36). The lowest BCUT2D eigenvalue weighted by molar-refractivity contribution is -0.149. The molecule has 6 rings (SSSR count). The van der Waals surface area contributed by atoms with Crippen LogP contribution in [0.2, 0.25) is 10.0 Å². The first-order chi connectivity index (χ1) is 18.6. The van der Waals surface area contributed by atoms with Gasteiger partial charge in [0, 0.05) is 17.8 Å². The maximum absolute atomic E-state index is 14.4. The molecule has 210 valence electrons. The number of benzene rings is 1. The summed E-state index contributed by atoms with van der Waals surface area (Å²) in [5, 5.41) is 6.95. The summed E-state index contributed by atoms with van der Waals surface area (Å²) >= 11 is 12.3. The lowest BCUT2D eigenvalue weighted by Crippen LogP contribution is -2.59. The minimum absolute atomic E-state index is 0.0593. The number of nitrogens with zero attached hydrogens (tertiary/aromatic N) is 1. The summed E-state index contributed by atoms with van der Waals surface area (Å²) in [6, 6.07) is 4.14. The van der Waals surface area contributed by atoms with E-state index in [1.165, 1.54) is 6.42 Å². The van der Waals surface area contributed by atoms with Gasteiger partial charge in [-0.15, -0.1) is 0 Å². The first-order valence-electron chi connectivity index (χ1n) is 14.4. The molecule has 1 spiro atoms. The average molecular weight is 575 g/mol. The van der Waals surface area contributed by atoms with Crippen molar-refractivity contribution in [2.75, 3.05) is 5.32 Å². The number of ether oxygens (including phenoxy) is 1. The van der Waals surface area contributed by atoms with Crippen LogP contribution in [0.15, 0.2) is 30.4 Å². The highest BCUT2D eigenvalue weighted by molar-refractivity contribution is 6.42. The minimum atomic E-state index is -1.18. The Morgan fingerprint density at radius 2 is 1.69 bits per heavy atom. The van der Waals surface area contributed by atoms with Crippen molar-refractivity contribution in [3.63, 3.8) is 0 Å². The molecule has 2 aliphatic carbocycles. The SMILES string of the molecule is CC1CCCCC1N1C(=O)C2C(C(=O)Nc3ccc(Cl)c(Cl)c3)C3(C)C=CC2(O3)C1C(=O)NC1CCCCC1. The van der Waals surface area contributed by atoms with Crippen molar-refractivity contribution in [1.29, 1.82) is 0 Å². The fraction of sp³-hybridized carbons (Fsp3) is 0.633. The number of fused-ring (bicyclic) bond motifs is 1. The molecule has 9 heteroatoms. The van der Waals surface area contributed by atoms with Gasteiger partial charge in [0.05, 0.1) is 27.5 Å². The molecule has 0 radical (unpaired) electrons. The highest BCUT2D eigenvalue weighted by Crippen LogP contribution is 2.60. The van der Waals surface area contributed by atoms with Crippen molar-refractivity contribution in [3.05, 3.63) is 40.4 Å². The van der Waals surface area contributed by atoms with Crippen LogP contribution < -0.4 is 10.6 Å². The zero-order valence-electron chi connectivity index (χ0n) is 22.6. The molecular weight excluding hydrogens is 537 g/mol. The predicted octanol–water partition coefficient (Wildman–Crippen LogP) is 5.50. The van der Waals surface area contributed by atoms with E-state index in [4.69, 9.17) is 27.9 Å². The number of halogens is 2. The molecular formula is C30H37Cl2N3O4. The van der Waals surface area contributed by atoms with E-state index in [0.717, 1.165) is 51.4 Å². The normalized spacial score (nSPS) is 37.7. The number of nitrogens with one attached hydrogen (secondary N) is 2. The largest absolute Gasteiger partial charge is 0.356 e. The Kier molecular flexibility index (Phi) is 7.00. The second kappa shape index (κ2) is 10.1. The Bertz CT molecular complexity index is 1220. The van der Waals surface area contributed by atoms with Crippen molar-refractivity contribution < 1.29 is 19.1 Å². The van der Waals surface area contributed by atoms with Crippen LogP contribution in [0.25, 0.3) is 0 Å². The van der Waals surface area contributed by atoms with Crippen LogP contribution in [0.1, 0.15) is 71.6 Å².